The van der Waals surface area contributed by atoms with Gasteiger partial charge in [-0.25, -0.2) is 19.7 Å². The molecule has 0 saturated heterocycles. The molecule has 2 N–H and O–H groups in total. The molecule has 4 aromatic rings. The van der Waals surface area contributed by atoms with E-state index in [-0.39, 0.29) is 5.82 Å². The first-order chi connectivity index (χ1) is 17.9. The lowest BCUT2D eigenvalue weighted by Gasteiger charge is -2.25. The van der Waals surface area contributed by atoms with Crippen LogP contribution in [0, 0.1) is 12.8 Å². The van der Waals surface area contributed by atoms with E-state index < -0.39 is 5.97 Å². The molecule has 1 fully saturated rings. The number of hydrogen-bond donors (Lipinski definition) is 2. The molecule has 8 nitrogen and oxygen atoms in total. The molecule has 0 bridgehead atoms. The van der Waals surface area contributed by atoms with Crippen LogP contribution in [0.3, 0.4) is 0 Å². The second kappa shape index (κ2) is 10.8. The standard InChI is InChI=1S/C28H30ClN5O3/c1-3-37-22-12-7-17(2)15-21(22)27-33-25-23(34(27)16-19-8-10-20(29)11-9-19)24(31-26(32-25)28(35)36)30-14-13-18-5-4-6-18/h7-12,15,18H,3-6,13-14,16H2,1-2H3,(H,35,36)(H,30,31,32). The van der Waals surface area contributed by atoms with Crippen molar-refractivity contribution in [3.05, 3.63) is 64.4 Å². The molecule has 1 aliphatic carbocycles. The number of imidazole rings is 1. The fourth-order valence-electron chi connectivity index (χ4n) is 4.66. The summed E-state index contributed by atoms with van der Waals surface area (Å²) in [6.45, 7) is 5.63. The minimum absolute atomic E-state index is 0.282. The number of carboxylic acids is 1. The number of halogens is 1. The predicted molar refractivity (Wildman–Crippen MR) is 145 cm³/mol. The fraction of sp³-hybridized carbons (Fsp3) is 0.357. The average Bonchev–Trinajstić information content (AvgIpc) is 3.21. The summed E-state index contributed by atoms with van der Waals surface area (Å²) in [4.78, 5) is 25.5. The minimum atomic E-state index is -1.19. The molecule has 192 valence electrons. The number of carboxylic acid groups (broad SMARTS) is 1. The molecule has 1 saturated carbocycles. The Kier molecular flexibility index (Phi) is 7.28. The number of rotatable bonds is 10. The second-order valence-electron chi connectivity index (χ2n) is 9.47. The lowest BCUT2D eigenvalue weighted by molar-refractivity contribution is 0.0684. The van der Waals surface area contributed by atoms with E-state index in [9.17, 15) is 9.90 Å². The predicted octanol–water partition coefficient (Wildman–Crippen LogP) is 6.20. The highest BCUT2D eigenvalue weighted by Gasteiger charge is 2.24. The second-order valence-corrected chi connectivity index (χ2v) is 9.90. The highest BCUT2D eigenvalue weighted by Crippen LogP contribution is 2.35. The molecule has 2 heterocycles. The Labute approximate surface area is 220 Å². The number of aromatic carboxylic acids is 1. The summed E-state index contributed by atoms with van der Waals surface area (Å²) < 4.78 is 7.98. The van der Waals surface area contributed by atoms with E-state index in [4.69, 9.17) is 21.3 Å². The molecule has 37 heavy (non-hydrogen) atoms. The van der Waals surface area contributed by atoms with Crippen molar-refractivity contribution in [3.63, 3.8) is 0 Å². The van der Waals surface area contributed by atoms with Crippen LogP contribution in [0.5, 0.6) is 5.75 Å². The SMILES string of the molecule is CCOc1ccc(C)cc1-c1nc2nc(C(=O)O)nc(NCCC3CCC3)c2n1Cc1ccc(Cl)cc1. The molecule has 0 unspecified atom stereocenters. The average molecular weight is 520 g/mol. The van der Waals surface area contributed by atoms with Crippen molar-refractivity contribution in [2.75, 3.05) is 18.5 Å². The van der Waals surface area contributed by atoms with Gasteiger partial charge in [-0.15, -0.1) is 0 Å². The third-order valence-corrected chi connectivity index (χ3v) is 7.05. The zero-order valence-corrected chi connectivity index (χ0v) is 21.8. The quantitative estimate of drug-likeness (QED) is 0.257. The first-order valence-electron chi connectivity index (χ1n) is 12.7. The Morgan fingerprint density at radius 3 is 2.62 bits per heavy atom. The Morgan fingerprint density at radius 1 is 1.16 bits per heavy atom. The van der Waals surface area contributed by atoms with Gasteiger partial charge in [-0.1, -0.05) is 54.6 Å². The molecule has 0 amide bonds. The van der Waals surface area contributed by atoms with Gasteiger partial charge in [0.1, 0.15) is 17.1 Å². The number of carbonyl (C=O) groups is 1. The number of fused-ring (bicyclic) bond motifs is 1. The van der Waals surface area contributed by atoms with Gasteiger partial charge in [0.15, 0.2) is 11.5 Å². The first-order valence-corrected chi connectivity index (χ1v) is 13.0. The summed E-state index contributed by atoms with van der Waals surface area (Å²) in [5.74, 6) is 1.04. The van der Waals surface area contributed by atoms with E-state index >= 15 is 0 Å². The van der Waals surface area contributed by atoms with Gasteiger partial charge in [0, 0.05) is 18.1 Å². The number of benzene rings is 2. The Balaban J connectivity index is 1.69. The van der Waals surface area contributed by atoms with Gasteiger partial charge in [-0.3, -0.25) is 0 Å². The van der Waals surface area contributed by atoms with Crippen molar-refractivity contribution in [2.45, 2.75) is 46.1 Å². The van der Waals surface area contributed by atoms with Gasteiger partial charge in [0.25, 0.3) is 0 Å². The Hall–Kier alpha value is -3.65. The number of ether oxygens (including phenoxy) is 1. The molecule has 2 aromatic carbocycles. The molecule has 0 aliphatic heterocycles. The molecule has 9 heteroatoms. The number of hydrogen-bond acceptors (Lipinski definition) is 6. The monoisotopic (exact) mass is 519 g/mol. The lowest BCUT2D eigenvalue weighted by atomic mass is 9.83. The summed E-state index contributed by atoms with van der Waals surface area (Å²) in [6, 6.07) is 13.6. The maximum Gasteiger partial charge on any atom is 0.374 e. The van der Waals surface area contributed by atoms with Crippen LogP contribution in [0.1, 0.15) is 54.4 Å². The number of nitrogens with one attached hydrogen (secondary N) is 1. The van der Waals surface area contributed by atoms with E-state index in [1.54, 1.807) is 0 Å². The van der Waals surface area contributed by atoms with E-state index in [0.717, 1.165) is 23.1 Å². The van der Waals surface area contributed by atoms with Gasteiger partial charge >= 0.3 is 5.97 Å². The minimum Gasteiger partial charge on any atom is -0.493 e. The molecule has 0 atom stereocenters. The van der Waals surface area contributed by atoms with Crippen LogP contribution in [-0.4, -0.2) is 43.7 Å². The van der Waals surface area contributed by atoms with Crippen LogP contribution in [0.25, 0.3) is 22.6 Å². The van der Waals surface area contributed by atoms with E-state index in [2.05, 4.69) is 15.3 Å². The smallest absolute Gasteiger partial charge is 0.374 e. The van der Waals surface area contributed by atoms with Crippen molar-refractivity contribution in [1.29, 1.82) is 0 Å². The van der Waals surface area contributed by atoms with Gasteiger partial charge in [0.2, 0.25) is 5.82 Å². The summed E-state index contributed by atoms with van der Waals surface area (Å²) in [5, 5.41) is 13.8. The summed E-state index contributed by atoms with van der Waals surface area (Å²) >= 11 is 6.14. The number of nitrogens with zero attached hydrogens (tertiary/aromatic N) is 4. The Bertz CT molecular complexity index is 1430. The number of aromatic nitrogens is 4. The van der Waals surface area contributed by atoms with Gasteiger partial charge in [0.05, 0.1) is 12.2 Å². The third-order valence-electron chi connectivity index (χ3n) is 6.79. The van der Waals surface area contributed by atoms with E-state index in [0.29, 0.717) is 59.2 Å². The molecule has 0 spiro atoms. The van der Waals surface area contributed by atoms with Crippen LogP contribution >= 0.6 is 11.6 Å². The Morgan fingerprint density at radius 2 is 1.95 bits per heavy atom. The topological polar surface area (TPSA) is 102 Å². The van der Waals surface area contributed by atoms with Crippen LogP contribution in [0.2, 0.25) is 5.02 Å². The molecule has 1 aliphatic rings. The van der Waals surface area contributed by atoms with Crippen molar-refractivity contribution >= 4 is 34.6 Å². The van der Waals surface area contributed by atoms with Crippen molar-refractivity contribution in [2.24, 2.45) is 5.92 Å². The summed E-state index contributed by atoms with van der Waals surface area (Å²) in [5.41, 5.74) is 3.86. The highest BCUT2D eigenvalue weighted by atomic mass is 35.5. The van der Waals surface area contributed by atoms with E-state index in [1.807, 2.05) is 60.9 Å². The maximum absolute atomic E-state index is 11.9. The summed E-state index contributed by atoms with van der Waals surface area (Å²) in [7, 11) is 0. The molecular weight excluding hydrogens is 490 g/mol. The fourth-order valence-corrected chi connectivity index (χ4v) is 4.79. The highest BCUT2D eigenvalue weighted by molar-refractivity contribution is 6.30. The van der Waals surface area contributed by atoms with Gasteiger partial charge in [-0.2, -0.15) is 0 Å². The normalized spacial score (nSPS) is 13.5. The zero-order valence-electron chi connectivity index (χ0n) is 21.0. The van der Waals surface area contributed by atoms with Gasteiger partial charge in [-0.05, 0) is 56.0 Å². The molecule has 0 radical (unpaired) electrons. The lowest BCUT2D eigenvalue weighted by Crippen LogP contribution is -2.17. The largest absolute Gasteiger partial charge is 0.493 e. The van der Waals surface area contributed by atoms with Crippen LogP contribution in [0.15, 0.2) is 42.5 Å². The number of anilines is 1. The van der Waals surface area contributed by atoms with Crippen molar-refractivity contribution < 1.29 is 14.6 Å². The molecular formula is C28H30ClN5O3. The molecule has 2 aromatic heterocycles. The van der Waals surface area contributed by atoms with Crippen LogP contribution < -0.4 is 10.1 Å². The van der Waals surface area contributed by atoms with Gasteiger partial charge < -0.3 is 19.7 Å². The van der Waals surface area contributed by atoms with Crippen LogP contribution in [-0.2, 0) is 6.54 Å². The van der Waals surface area contributed by atoms with Crippen molar-refractivity contribution in [1.82, 2.24) is 19.5 Å². The van der Waals surface area contributed by atoms with E-state index in [1.165, 1.54) is 19.3 Å². The zero-order chi connectivity index (χ0) is 25.9. The van der Waals surface area contributed by atoms with Crippen molar-refractivity contribution in [3.8, 4) is 17.1 Å². The third kappa shape index (κ3) is 5.39. The van der Waals surface area contributed by atoms with Crippen LogP contribution in [0.4, 0.5) is 5.82 Å². The molecule has 5 rings (SSSR count). The number of aryl methyl sites for hydroxylation is 1. The maximum atomic E-state index is 11.9. The summed E-state index contributed by atoms with van der Waals surface area (Å²) in [6.07, 6.45) is 4.78. The first kappa shape index (κ1) is 25.0.